The van der Waals surface area contributed by atoms with Gasteiger partial charge in [-0.15, -0.1) is 0 Å². The van der Waals surface area contributed by atoms with Gasteiger partial charge in [-0.05, 0) is 32.8 Å². The molecule has 1 aromatic rings. The molecule has 0 saturated heterocycles. The van der Waals surface area contributed by atoms with Crippen LogP contribution in [0.25, 0.3) is 0 Å². The van der Waals surface area contributed by atoms with Gasteiger partial charge in [0.2, 0.25) is 5.91 Å². The van der Waals surface area contributed by atoms with E-state index in [2.05, 4.69) is 20.6 Å². The molecule has 0 aliphatic heterocycles. The lowest BCUT2D eigenvalue weighted by molar-refractivity contribution is -0.119. The zero-order valence-electron chi connectivity index (χ0n) is 13.4. The van der Waals surface area contributed by atoms with Crippen molar-refractivity contribution in [2.75, 3.05) is 5.32 Å². The molecule has 0 aliphatic carbocycles. The molecular weight excluding hydrogens is 288 g/mol. The van der Waals surface area contributed by atoms with Crippen LogP contribution in [0.2, 0.25) is 0 Å². The predicted octanol–water partition coefficient (Wildman–Crippen LogP) is 1.26. The fourth-order valence-electron chi connectivity index (χ4n) is 1.62. The van der Waals surface area contributed by atoms with Gasteiger partial charge in [0.1, 0.15) is 17.5 Å². The lowest BCUT2D eigenvalue weighted by atomic mass is 10.0. The number of hydrogen-bond acceptors (Lipinski definition) is 5. The molecule has 1 rings (SSSR count). The van der Waals surface area contributed by atoms with Crippen LogP contribution in [-0.4, -0.2) is 33.6 Å². The van der Waals surface area contributed by atoms with Gasteiger partial charge < -0.3 is 15.4 Å². The van der Waals surface area contributed by atoms with Gasteiger partial charge in [0.25, 0.3) is 0 Å². The standard InChI is InChI=1S/C14H22N4O4/c1-8(2)10(18-13(21)22-14(3,4)5)11(19)16-9-6-7-15-12(20)17-9/h6-8,10H,1-5H3,(H,18,21)(H2,15,16,17,19,20). The third-order valence-electron chi connectivity index (χ3n) is 2.55. The van der Waals surface area contributed by atoms with E-state index >= 15 is 0 Å². The Kier molecular flexibility index (Phi) is 5.67. The quantitative estimate of drug-likeness (QED) is 0.774. The van der Waals surface area contributed by atoms with Crippen molar-refractivity contribution in [3.63, 3.8) is 0 Å². The lowest BCUT2D eigenvalue weighted by Crippen LogP contribution is -2.48. The molecule has 0 bridgehead atoms. The van der Waals surface area contributed by atoms with E-state index in [0.717, 1.165) is 0 Å². The van der Waals surface area contributed by atoms with Crippen molar-refractivity contribution in [3.8, 4) is 0 Å². The van der Waals surface area contributed by atoms with Crippen LogP contribution in [0.1, 0.15) is 34.6 Å². The van der Waals surface area contributed by atoms with Crippen LogP contribution in [-0.2, 0) is 9.53 Å². The number of nitrogens with one attached hydrogen (secondary N) is 3. The Balaban J connectivity index is 2.76. The second-order valence-electron chi connectivity index (χ2n) is 6.15. The van der Waals surface area contributed by atoms with Crippen LogP contribution in [0.3, 0.4) is 0 Å². The summed E-state index contributed by atoms with van der Waals surface area (Å²) in [4.78, 5) is 41.0. The minimum Gasteiger partial charge on any atom is -0.444 e. The van der Waals surface area contributed by atoms with Crippen LogP contribution in [0.4, 0.5) is 10.6 Å². The van der Waals surface area contributed by atoms with Crippen molar-refractivity contribution in [1.29, 1.82) is 0 Å². The molecule has 1 aromatic heterocycles. The van der Waals surface area contributed by atoms with Gasteiger partial charge in [-0.2, -0.15) is 0 Å². The Morgan fingerprint density at radius 3 is 2.45 bits per heavy atom. The smallest absolute Gasteiger partial charge is 0.408 e. The number of amides is 2. The Morgan fingerprint density at radius 2 is 1.95 bits per heavy atom. The molecule has 8 heteroatoms. The maximum absolute atomic E-state index is 12.2. The zero-order chi connectivity index (χ0) is 16.9. The molecule has 8 nitrogen and oxygen atoms in total. The van der Waals surface area contributed by atoms with Gasteiger partial charge in [0.05, 0.1) is 0 Å². The summed E-state index contributed by atoms with van der Waals surface area (Å²) in [6.45, 7) is 8.78. The number of rotatable bonds is 4. The first-order valence-corrected chi connectivity index (χ1v) is 6.94. The molecule has 122 valence electrons. The van der Waals surface area contributed by atoms with Gasteiger partial charge in [-0.1, -0.05) is 13.8 Å². The molecule has 0 saturated carbocycles. The molecule has 3 N–H and O–H groups in total. The number of aromatic amines is 1. The minimum atomic E-state index is -0.800. The molecule has 0 fully saturated rings. The number of hydrogen-bond donors (Lipinski definition) is 3. The number of carbonyl (C=O) groups excluding carboxylic acids is 2. The third kappa shape index (κ3) is 5.94. The topological polar surface area (TPSA) is 113 Å². The van der Waals surface area contributed by atoms with E-state index in [1.807, 2.05) is 0 Å². The predicted molar refractivity (Wildman–Crippen MR) is 81.5 cm³/mol. The van der Waals surface area contributed by atoms with Crippen LogP contribution in [0, 0.1) is 5.92 Å². The van der Waals surface area contributed by atoms with E-state index in [4.69, 9.17) is 4.74 Å². The summed E-state index contributed by atoms with van der Waals surface area (Å²) >= 11 is 0. The molecule has 2 amide bonds. The molecular formula is C14H22N4O4. The normalized spacial score (nSPS) is 12.6. The molecule has 0 aliphatic rings. The summed E-state index contributed by atoms with van der Waals surface area (Å²) in [5, 5.41) is 5.05. The summed E-state index contributed by atoms with van der Waals surface area (Å²) in [6, 6.07) is 0.649. The highest BCUT2D eigenvalue weighted by Crippen LogP contribution is 2.10. The van der Waals surface area contributed by atoms with Crippen LogP contribution in [0.5, 0.6) is 0 Å². The van der Waals surface area contributed by atoms with E-state index < -0.39 is 29.3 Å². The SMILES string of the molecule is CC(C)C(NC(=O)OC(C)(C)C)C(=O)Nc1ccnc(=O)[nH]1. The first-order valence-electron chi connectivity index (χ1n) is 6.94. The molecule has 0 spiro atoms. The molecule has 0 radical (unpaired) electrons. The molecule has 1 heterocycles. The Hall–Kier alpha value is -2.38. The summed E-state index contributed by atoms with van der Waals surface area (Å²) in [5.74, 6) is -0.412. The first-order chi connectivity index (χ1) is 10.1. The Morgan fingerprint density at radius 1 is 1.32 bits per heavy atom. The highest BCUT2D eigenvalue weighted by Gasteiger charge is 2.27. The molecule has 0 aromatic carbocycles. The van der Waals surface area contributed by atoms with Crippen molar-refractivity contribution >= 4 is 17.8 Å². The van der Waals surface area contributed by atoms with E-state index in [1.54, 1.807) is 34.6 Å². The van der Waals surface area contributed by atoms with E-state index in [9.17, 15) is 14.4 Å². The van der Waals surface area contributed by atoms with Crippen LogP contribution < -0.4 is 16.3 Å². The number of ether oxygens (including phenoxy) is 1. The summed E-state index contributed by atoms with van der Waals surface area (Å²) in [6.07, 6.45) is 0.602. The van der Waals surface area contributed by atoms with Gasteiger partial charge in [-0.3, -0.25) is 9.78 Å². The highest BCUT2D eigenvalue weighted by molar-refractivity contribution is 5.96. The zero-order valence-corrected chi connectivity index (χ0v) is 13.4. The van der Waals surface area contributed by atoms with Crippen molar-refractivity contribution < 1.29 is 14.3 Å². The monoisotopic (exact) mass is 310 g/mol. The molecule has 1 atom stereocenters. The third-order valence-corrected chi connectivity index (χ3v) is 2.55. The molecule has 22 heavy (non-hydrogen) atoms. The number of carbonyl (C=O) groups is 2. The first kappa shape index (κ1) is 17.7. The van der Waals surface area contributed by atoms with Gasteiger partial charge in [0.15, 0.2) is 0 Å². The number of alkyl carbamates (subject to hydrolysis) is 1. The number of anilines is 1. The fourth-order valence-corrected chi connectivity index (χ4v) is 1.62. The second kappa shape index (κ2) is 7.06. The van der Waals surface area contributed by atoms with Crippen molar-refractivity contribution in [3.05, 3.63) is 22.7 Å². The summed E-state index contributed by atoms with van der Waals surface area (Å²) in [5.41, 5.74) is -1.22. The number of aromatic nitrogens is 2. The van der Waals surface area contributed by atoms with Gasteiger partial charge >= 0.3 is 11.8 Å². The van der Waals surface area contributed by atoms with E-state index in [0.29, 0.717) is 0 Å². The van der Waals surface area contributed by atoms with E-state index in [-0.39, 0.29) is 11.7 Å². The van der Waals surface area contributed by atoms with Crippen molar-refractivity contribution in [2.24, 2.45) is 5.92 Å². The average Bonchev–Trinajstić information content (AvgIpc) is 2.33. The van der Waals surface area contributed by atoms with E-state index in [1.165, 1.54) is 12.3 Å². The summed E-state index contributed by atoms with van der Waals surface area (Å²) in [7, 11) is 0. The Labute approximate surface area is 128 Å². The van der Waals surface area contributed by atoms with Crippen LogP contribution >= 0.6 is 0 Å². The maximum Gasteiger partial charge on any atom is 0.408 e. The van der Waals surface area contributed by atoms with Crippen molar-refractivity contribution in [2.45, 2.75) is 46.3 Å². The number of nitrogens with zero attached hydrogens (tertiary/aromatic N) is 1. The van der Waals surface area contributed by atoms with Crippen molar-refractivity contribution in [1.82, 2.24) is 15.3 Å². The lowest BCUT2D eigenvalue weighted by Gasteiger charge is -2.25. The molecule has 1 unspecified atom stereocenters. The van der Waals surface area contributed by atoms with Crippen LogP contribution in [0.15, 0.2) is 17.1 Å². The largest absolute Gasteiger partial charge is 0.444 e. The maximum atomic E-state index is 12.2. The second-order valence-corrected chi connectivity index (χ2v) is 6.15. The number of H-pyrrole nitrogens is 1. The fraction of sp³-hybridized carbons (Fsp3) is 0.571. The minimum absolute atomic E-state index is 0.166. The Bertz CT molecular complexity index is 589. The summed E-state index contributed by atoms with van der Waals surface area (Å²) < 4.78 is 5.14. The average molecular weight is 310 g/mol. The van der Waals surface area contributed by atoms with Gasteiger partial charge in [-0.25, -0.2) is 14.6 Å². The highest BCUT2D eigenvalue weighted by atomic mass is 16.6. The van der Waals surface area contributed by atoms with Gasteiger partial charge in [0, 0.05) is 6.20 Å².